The van der Waals surface area contributed by atoms with Gasteiger partial charge in [-0.25, -0.2) is 0 Å². The summed E-state index contributed by atoms with van der Waals surface area (Å²) >= 11 is 4.23. The summed E-state index contributed by atoms with van der Waals surface area (Å²) in [6.45, 7) is 7.56. The average molecular weight is 144 g/mol. The molecular weight excluding hydrogens is 134 g/mol. The first-order valence-electron chi connectivity index (χ1n) is 2.91. The minimum Gasteiger partial charge on any atom is -0.377 e. The first kappa shape index (κ1) is 6.96. The van der Waals surface area contributed by atoms with Crippen molar-refractivity contribution in [2.24, 2.45) is 0 Å². The van der Waals surface area contributed by atoms with E-state index in [0.717, 1.165) is 13.2 Å². The minimum absolute atomic E-state index is 0.142. The molecule has 0 N–H and O–H groups in total. The van der Waals surface area contributed by atoms with Gasteiger partial charge in [-0.1, -0.05) is 0 Å². The molecule has 0 saturated carbocycles. The number of ether oxygens (including phenoxy) is 1. The van der Waals surface area contributed by atoms with Crippen LogP contribution < -0.4 is 0 Å². The number of morpholine rings is 1. The zero-order valence-corrected chi connectivity index (χ0v) is 6.05. The van der Waals surface area contributed by atoms with Crippen LogP contribution in [0.2, 0.25) is 0 Å². The van der Waals surface area contributed by atoms with Crippen LogP contribution in [-0.4, -0.2) is 30.0 Å². The highest BCUT2D eigenvalue weighted by Crippen LogP contribution is 2.08. The van der Waals surface area contributed by atoms with E-state index in [4.69, 9.17) is 11.3 Å². The zero-order valence-electron chi connectivity index (χ0n) is 5.16. The number of nitrogens with zero attached hydrogens (tertiary/aromatic N) is 1. The largest absolute Gasteiger partial charge is 0.377 e. The average Bonchev–Trinajstić information content (AvgIpc) is 1.89. The Morgan fingerprint density at radius 3 is 3.00 bits per heavy atom. The van der Waals surface area contributed by atoms with E-state index in [9.17, 15) is 0 Å². The third-order valence-corrected chi connectivity index (χ3v) is 1.78. The normalized spacial score (nSPS) is 28.1. The molecule has 0 aromatic heterocycles. The van der Waals surface area contributed by atoms with Gasteiger partial charge in [0.2, 0.25) is 0 Å². The van der Waals surface area contributed by atoms with Crippen LogP contribution in [0.15, 0.2) is 6.20 Å². The van der Waals surface area contributed by atoms with Gasteiger partial charge in [0.15, 0.2) is 0 Å². The van der Waals surface area contributed by atoms with E-state index < -0.39 is 0 Å². The van der Waals surface area contributed by atoms with E-state index >= 15 is 0 Å². The van der Waals surface area contributed by atoms with Crippen LogP contribution in [0, 0.1) is 6.58 Å². The van der Waals surface area contributed by atoms with Crippen LogP contribution >= 0.6 is 12.6 Å². The molecule has 1 fully saturated rings. The maximum Gasteiger partial charge on any atom is 0.0951 e. The Hall–Kier alpha value is -0.150. The van der Waals surface area contributed by atoms with Crippen molar-refractivity contribution in [3.63, 3.8) is 0 Å². The second kappa shape index (κ2) is 3.13. The van der Waals surface area contributed by atoms with Gasteiger partial charge < -0.3 is 9.64 Å². The third-order valence-electron chi connectivity index (χ3n) is 1.34. The lowest BCUT2D eigenvalue weighted by Gasteiger charge is -2.30. The Bertz CT molecular complexity index is 107. The van der Waals surface area contributed by atoms with E-state index in [2.05, 4.69) is 12.6 Å². The van der Waals surface area contributed by atoms with E-state index in [0.29, 0.717) is 6.61 Å². The third kappa shape index (κ3) is 1.63. The molecule has 3 heteroatoms. The van der Waals surface area contributed by atoms with Gasteiger partial charge in [0.1, 0.15) is 0 Å². The van der Waals surface area contributed by atoms with Gasteiger partial charge >= 0.3 is 0 Å². The van der Waals surface area contributed by atoms with E-state index in [-0.39, 0.29) is 5.37 Å². The second-order valence-electron chi connectivity index (χ2n) is 1.94. The van der Waals surface area contributed by atoms with E-state index in [1.165, 1.54) is 0 Å². The number of hydrogen-bond donors (Lipinski definition) is 1. The van der Waals surface area contributed by atoms with Gasteiger partial charge in [-0.2, -0.15) is 12.6 Å². The molecule has 2 nitrogen and oxygen atoms in total. The van der Waals surface area contributed by atoms with E-state index in [1.54, 1.807) is 6.20 Å². The maximum atomic E-state index is 5.29. The molecule has 1 saturated heterocycles. The predicted octanol–water partition coefficient (Wildman–Crippen LogP) is 0.521. The summed E-state index contributed by atoms with van der Waals surface area (Å²) in [6, 6.07) is 0. The molecular formula is C6H10NOS. The highest BCUT2D eigenvalue weighted by Gasteiger charge is 2.14. The molecule has 0 amide bonds. The van der Waals surface area contributed by atoms with Crippen molar-refractivity contribution in [1.82, 2.24) is 4.90 Å². The number of hydrogen-bond acceptors (Lipinski definition) is 3. The topological polar surface area (TPSA) is 12.5 Å². The molecule has 0 bridgehead atoms. The summed E-state index contributed by atoms with van der Waals surface area (Å²) in [6.07, 6.45) is 1.56. The maximum absolute atomic E-state index is 5.29. The predicted molar refractivity (Wildman–Crippen MR) is 39.2 cm³/mol. The fourth-order valence-electron chi connectivity index (χ4n) is 0.777. The Balaban J connectivity index is 2.38. The molecule has 1 heterocycles. The van der Waals surface area contributed by atoms with Crippen molar-refractivity contribution in [3.05, 3.63) is 12.8 Å². The fourth-order valence-corrected chi connectivity index (χ4v) is 1.08. The Labute approximate surface area is 60.9 Å². The molecule has 0 aromatic rings. The van der Waals surface area contributed by atoms with Gasteiger partial charge in [-0.15, -0.1) is 0 Å². The number of thiol groups is 1. The summed E-state index contributed by atoms with van der Waals surface area (Å²) in [4.78, 5) is 1.95. The molecule has 0 spiro atoms. The Kier molecular flexibility index (Phi) is 2.42. The van der Waals surface area contributed by atoms with Crippen molar-refractivity contribution in [3.8, 4) is 0 Å². The molecule has 0 aromatic carbocycles. The molecule has 1 atom stereocenters. The van der Waals surface area contributed by atoms with Crippen molar-refractivity contribution in [1.29, 1.82) is 0 Å². The second-order valence-corrected chi connectivity index (χ2v) is 2.54. The lowest BCUT2D eigenvalue weighted by Crippen LogP contribution is -2.38. The molecule has 1 rings (SSSR count). The molecule has 0 aliphatic carbocycles. The summed E-state index contributed by atoms with van der Waals surface area (Å²) in [5.41, 5.74) is 0. The molecule has 51 valence electrons. The first-order chi connectivity index (χ1) is 4.34. The lowest BCUT2D eigenvalue weighted by atomic mass is 10.4. The summed E-state index contributed by atoms with van der Waals surface area (Å²) in [7, 11) is 0. The summed E-state index contributed by atoms with van der Waals surface area (Å²) in [5, 5.41) is 0.142. The van der Waals surface area contributed by atoms with Gasteiger partial charge in [0.05, 0.1) is 18.6 Å². The quantitative estimate of drug-likeness (QED) is 0.539. The first-order valence-corrected chi connectivity index (χ1v) is 3.43. The van der Waals surface area contributed by atoms with Crippen LogP contribution in [0.5, 0.6) is 0 Å². The van der Waals surface area contributed by atoms with Crippen LogP contribution in [0.25, 0.3) is 0 Å². The monoisotopic (exact) mass is 144 g/mol. The van der Waals surface area contributed by atoms with E-state index in [1.807, 2.05) is 4.90 Å². The molecule has 1 unspecified atom stereocenters. The Morgan fingerprint density at radius 1 is 1.78 bits per heavy atom. The SMILES string of the molecule is [CH]=CN1CCOCC1S. The summed E-state index contributed by atoms with van der Waals surface area (Å²) < 4.78 is 5.12. The van der Waals surface area contributed by atoms with Crippen LogP contribution in [0.3, 0.4) is 0 Å². The van der Waals surface area contributed by atoms with Gasteiger partial charge in [-0.05, 0) is 6.58 Å². The Morgan fingerprint density at radius 2 is 2.56 bits per heavy atom. The standard InChI is InChI=1S/C6H10NOS/c1-2-7-3-4-8-5-6(7)9/h1-2,6,9H,3-5H2. The smallest absolute Gasteiger partial charge is 0.0951 e. The zero-order chi connectivity index (χ0) is 6.69. The highest BCUT2D eigenvalue weighted by atomic mass is 32.1. The van der Waals surface area contributed by atoms with Crippen LogP contribution in [-0.2, 0) is 4.74 Å². The van der Waals surface area contributed by atoms with Crippen molar-refractivity contribution < 1.29 is 4.74 Å². The van der Waals surface area contributed by atoms with Crippen molar-refractivity contribution in [2.45, 2.75) is 5.37 Å². The van der Waals surface area contributed by atoms with Gasteiger partial charge in [-0.3, -0.25) is 0 Å². The number of rotatable bonds is 1. The molecule has 1 aliphatic heterocycles. The fraction of sp³-hybridized carbons (Fsp3) is 0.667. The van der Waals surface area contributed by atoms with Crippen LogP contribution in [0.4, 0.5) is 0 Å². The van der Waals surface area contributed by atoms with Crippen LogP contribution in [0.1, 0.15) is 0 Å². The summed E-state index contributed by atoms with van der Waals surface area (Å²) in [5.74, 6) is 0. The van der Waals surface area contributed by atoms with Gasteiger partial charge in [0, 0.05) is 12.7 Å². The minimum atomic E-state index is 0.142. The van der Waals surface area contributed by atoms with Crippen molar-refractivity contribution in [2.75, 3.05) is 19.8 Å². The molecule has 1 radical (unpaired) electrons. The van der Waals surface area contributed by atoms with Gasteiger partial charge in [0.25, 0.3) is 0 Å². The van der Waals surface area contributed by atoms with Crippen molar-refractivity contribution >= 4 is 12.6 Å². The highest BCUT2D eigenvalue weighted by molar-refractivity contribution is 7.80. The molecule has 1 aliphatic rings. The molecule has 9 heavy (non-hydrogen) atoms. The lowest BCUT2D eigenvalue weighted by molar-refractivity contribution is 0.0479.